The van der Waals surface area contributed by atoms with Gasteiger partial charge >= 0.3 is 0 Å². The highest BCUT2D eigenvalue weighted by Crippen LogP contribution is 2.37. The highest BCUT2D eigenvalue weighted by Gasteiger charge is 2.40. The predicted molar refractivity (Wildman–Crippen MR) is 120 cm³/mol. The Labute approximate surface area is 186 Å². The van der Waals surface area contributed by atoms with E-state index in [1.165, 1.54) is 12.1 Å². The van der Waals surface area contributed by atoms with E-state index < -0.39 is 0 Å². The van der Waals surface area contributed by atoms with Crippen molar-refractivity contribution in [3.8, 4) is 0 Å². The number of nitrogens with zero attached hydrogens (tertiary/aromatic N) is 6. The van der Waals surface area contributed by atoms with Crippen molar-refractivity contribution < 1.29 is 9.18 Å². The van der Waals surface area contributed by atoms with E-state index in [2.05, 4.69) is 20.3 Å². The molecule has 0 bridgehead atoms. The van der Waals surface area contributed by atoms with Crippen LogP contribution in [0.5, 0.6) is 0 Å². The number of benzene rings is 1. The van der Waals surface area contributed by atoms with Crippen molar-refractivity contribution in [3.63, 3.8) is 0 Å². The second kappa shape index (κ2) is 8.57. The molecule has 5 rings (SSSR count). The van der Waals surface area contributed by atoms with Gasteiger partial charge in [0.15, 0.2) is 5.82 Å². The predicted octanol–water partition coefficient (Wildman–Crippen LogP) is 3.20. The number of fused-ring (bicyclic) bond motifs is 3. The number of rotatable bonds is 6. The van der Waals surface area contributed by atoms with Gasteiger partial charge in [-0.3, -0.25) is 9.48 Å². The van der Waals surface area contributed by atoms with Gasteiger partial charge in [-0.1, -0.05) is 12.1 Å². The summed E-state index contributed by atoms with van der Waals surface area (Å²) in [4.78, 5) is 26.1. The minimum Gasteiger partial charge on any atom is -0.350 e. The molecule has 0 spiro atoms. The molecular formula is C23H26FN7O. The zero-order valence-electron chi connectivity index (χ0n) is 18.0. The maximum atomic E-state index is 13.1. The molecule has 1 aromatic carbocycles. The topological polar surface area (TPSA) is 79.2 Å². The lowest BCUT2D eigenvalue weighted by Gasteiger charge is -2.43. The van der Waals surface area contributed by atoms with Gasteiger partial charge in [-0.2, -0.15) is 10.1 Å². The first kappa shape index (κ1) is 20.4. The smallest absolute Gasteiger partial charge is 0.249 e. The minimum absolute atomic E-state index is 0.122. The summed E-state index contributed by atoms with van der Waals surface area (Å²) in [6, 6.07) is 6.30. The summed E-state index contributed by atoms with van der Waals surface area (Å²) in [6.07, 6.45) is 8.50. The first-order valence-corrected chi connectivity index (χ1v) is 11.1. The zero-order chi connectivity index (χ0) is 22.1. The van der Waals surface area contributed by atoms with Gasteiger partial charge in [-0.25, -0.2) is 9.37 Å². The molecule has 2 aliphatic rings. The molecule has 1 fully saturated rings. The molecule has 1 saturated heterocycles. The van der Waals surface area contributed by atoms with Gasteiger partial charge in [-0.15, -0.1) is 0 Å². The van der Waals surface area contributed by atoms with Crippen molar-refractivity contribution in [2.75, 3.05) is 28.2 Å². The number of nitrogens with one attached hydrogen (secondary N) is 1. The average Bonchev–Trinajstić information content (AvgIpc) is 3.27. The molecule has 0 saturated carbocycles. The average molecular weight is 436 g/mol. The number of halogens is 1. The number of hydrogen-bond acceptors (Lipinski definition) is 6. The maximum absolute atomic E-state index is 13.1. The number of carbonyl (C=O) groups is 1. The summed E-state index contributed by atoms with van der Waals surface area (Å²) in [7, 11) is 0. The van der Waals surface area contributed by atoms with Crippen LogP contribution in [-0.2, 0) is 17.9 Å². The molecule has 166 valence electrons. The van der Waals surface area contributed by atoms with E-state index in [1.54, 1.807) is 29.4 Å². The van der Waals surface area contributed by atoms with Crippen LogP contribution >= 0.6 is 0 Å². The summed E-state index contributed by atoms with van der Waals surface area (Å²) in [5, 5.41) is 7.67. The summed E-state index contributed by atoms with van der Waals surface area (Å²) in [6.45, 7) is 4.54. The first-order valence-electron chi connectivity index (χ1n) is 11.1. The summed E-state index contributed by atoms with van der Waals surface area (Å²) < 4.78 is 14.9. The van der Waals surface area contributed by atoms with Crippen LogP contribution in [0.15, 0.2) is 42.9 Å². The molecular weight excluding hydrogens is 409 g/mol. The normalized spacial score (nSPS) is 17.8. The largest absolute Gasteiger partial charge is 0.350 e. The number of hydrogen-bond donors (Lipinski definition) is 1. The zero-order valence-corrected chi connectivity index (χ0v) is 18.0. The Hall–Kier alpha value is -3.49. The Balaban J connectivity index is 1.29. The van der Waals surface area contributed by atoms with Crippen LogP contribution in [0, 0.1) is 5.82 Å². The van der Waals surface area contributed by atoms with Gasteiger partial charge in [0.2, 0.25) is 11.9 Å². The van der Waals surface area contributed by atoms with Crippen LogP contribution < -0.4 is 15.1 Å². The van der Waals surface area contributed by atoms with Crippen LogP contribution in [0.25, 0.3) is 0 Å². The molecule has 4 heterocycles. The number of amides is 1. The fraction of sp³-hybridized carbons (Fsp3) is 0.391. The molecule has 0 radical (unpaired) electrons. The fourth-order valence-corrected chi connectivity index (χ4v) is 4.46. The van der Waals surface area contributed by atoms with Gasteiger partial charge in [0.25, 0.3) is 0 Å². The van der Waals surface area contributed by atoms with E-state index in [4.69, 9.17) is 4.98 Å². The quantitative estimate of drug-likeness (QED) is 0.641. The molecule has 9 heteroatoms. The van der Waals surface area contributed by atoms with E-state index in [-0.39, 0.29) is 17.8 Å². The van der Waals surface area contributed by atoms with Gasteiger partial charge in [0.1, 0.15) is 17.5 Å². The Morgan fingerprint density at radius 1 is 1.16 bits per heavy atom. The van der Waals surface area contributed by atoms with E-state index in [9.17, 15) is 9.18 Å². The molecule has 1 unspecified atom stereocenters. The molecule has 2 aliphatic heterocycles. The van der Waals surface area contributed by atoms with Crippen LogP contribution in [0.1, 0.15) is 37.3 Å². The van der Waals surface area contributed by atoms with E-state index in [0.717, 1.165) is 48.4 Å². The number of anilines is 3. The molecule has 1 N–H and O–H groups in total. The highest BCUT2D eigenvalue weighted by atomic mass is 19.1. The molecule has 2 aromatic heterocycles. The maximum Gasteiger partial charge on any atom is 0.249 e. The number of carbonyl (C=O) groups excluding carboxylic acids is 1. The van der Waals surface area contributed by atoms with Crippen molar-refractivity contribution in [1.82, 2.24) is 19.7 Å². The summed E-state index contributed by atoms with van der Waals surface area (Å²) in [5.74, 6) is 1.27. The second-order valence-corrected chi connectivity index (χ2v) is 8.22. The van der Waals surface area contributed by atoms with Crippen LogP contribution in [0.2, 0.25) is 0 Å². The lowest BCUT2D eigenvalue weighted by molar-refractivity contribution is -0.120. The van der Waals surface area contributed by atoms with Gasteiger partial charge in [-0.05, 0) is 43.9 Å². The van der Waals surface area contributed by atoms with Gasteiger partial charge < -0.3 is 15.1 Å². The highest BCUT2D eigenvalue weighted by molar-refractivity contribution is 6.04. The SMILES string of the molecule is CCN1C(=O)C2CCCCN2c2nc(NCc3cnn(Cc4ccc(F)cc4)c3)ncc21. The third-order valence-corrected chi connectivity index (χ3v) is 6.08. The summed E-state index contributed by atoms with van der Waals surface area (Å²) in [5.41, 5.74) is 2.76. The third-order valence-electron chi connectivity index (χ3n) is 6.08. The molecule has 1 atom stereocenters. The van der Waals surface area contributed by atoms with Gasteiger partial charge in [0.05, 0.1) is 18.9 Å². The second-order valence-electron chi connectivity index (χ2n) is 8.22. The number of likely N-dealkylation sites (N-methyl/N-ethyl adjacent to an activating group) is 1. The number of piperidine rings is 1. The van der Waals surface area contributed by atoms with Crippen molar-refractivity contribution in [2.45, 2.75) is 45.3 Å². The molecule has 0 aliphatic carbocycles. The Morgan fingerprint density at radius 2 is 2.00 bits per heavy atom. The minimum atomic E-state index is -0.244. The van der Waals surface area contributed by atoms with Crippen molar-refractivity contribution in [2.24, 2.45) is 0 Å². The Morgan fingerprint density at radius 3 is 2.81 bits per heavy atom. The third kappa shape index (κ3) is 3.90. The molecule has 32 heavy (non-hydrogen) atoms. The van der Waals surface area contributed by atoms with Crippen LogP contribution in [0.4, 0.5) is 21.8 Å². The van der Waals surface area contributed by atoms with Crippen molar-refractivity contribution in [3.05, 3.63) is 59.8 Å². The monoisotopic (exact) mass is 435 g/mol. The molecule has 8 nitrogen and oxygen atoms in total. The van der Waals surface area contributed by atoms with Crippen molar-refractivity contribution in [1.29, 1.82) is 0 Å². The Bertz CT molecular complexity index is 1110. The van der Waals surface area contributed by atoms with Crippen LogP contribution in [-0.4, -0.2) is 44.8 Å². The van der Waals surface area contributed by atoms with Crippen molar-refractivity contribution >= 4 is 23.4 Å². The van der Waals surface area contributed by atoms with E-state index >= 15 is 0 Å². The molecule has 3 aromatic rings. The molecule has 1 amide bonds. The lowest BCUT2D eigenvalue weighted by atomic mass is 9.98. The first-order chi connectivity index (χ1) is 15.6. The van der Waals surface area contributed by atoms with Gasteiger partial charge in [0, 0.05) is 31.4 Å². The van der Waals surface area contributed by atoms with E-state index in [1.807, 2.05) is 17.8 Å². The standard InChI is InChI=1S/C23H26FN7O/c1-2-30-20-13-26-23(28-21(20)31-10-4-3-5-19(31)22(30)32)25-11-17-12-27-29(15-17)14-16-6-8-18(24)9-7-16/h6-9,12-13,15,19H,2-5,10-11,14H2,1H3,(H,25,26,28). The van der Waals surface area contributed by atoms with E-state index in [0.29, 0.717) is 25.6 Å². The fourth-order valence-electron chi connectivity index (χ4n) is 4.46. The summed E-state index contributed by atoms with van der Waals surface area (Å²) >= 11 is 0. The Kier molecular flexibility index (Phi) is 5.46. The number of aromatic nitrogens is 4. The lowest BCUT2D eigenvalue weighted by Crippen LogP contribution is -2.55. The van der Waals surface area contributed by atoms with Crippen LogP contribution in [0.3, 0.4) is 0 Å².